The number of piperidine rings is 1. The topological polar surface area (TPSA) is 93.0 Å². The van der Waals surface area contributed by atoms with Gasteiger partial charge in [0.2, 0.25) is 11.0 Å². The quantitative estimate of drug-likeness (QED) is 0.714. The third-order valence-corrected chi connectivity index (χ3v) is 5.89. The number of carbonyl (C=O) groups is 2. The van der Waals surface area contributed by atoms with E-state index in [0.717, 1.165) is 17.2 Å². The van der Waals surface area contributed by atoms with Crippen LogP contribution in [0.4, 0.5) is 5.13 Å². The first kappa shape index (κ1) is 19.3. The Morgan fingerprint density at radius 3 is 2.66 bits per heavy atom. The SMILES string of the molecule is Cc1cc(C(=O)N2CCC(C(=O)Nc3nncs3)CC2)c(C)n1-c1ccccn1. The van der Waals surface area contributed by atoms with E-state index in [2.05, 4.69) is 20.5 Å². The van der Waals surface area contributed by atoms with Crippen LogP contribution in [0, 0.1) is 19.8 Å². The van der Waals surface area contributed by atoms with Gasteiger partial charge in [0.1, 0.15) is 11.3 Å². The summed E-state index contributed by atoms with van der Waals surface area (Å²) in [7, 11) is 0. The summed E-state index contributed by atoms with van der Waals surface area (Å²) in [6.45, 7) is 5.03. The Hall–Kier alpha value is -3.07. The number of pyridine rings is 1. The van der Waals surface area contributed by atoms with Crippen molar-refractivity contribution in [2.24, 2.45) is 5.92 Å². The average molecular weight is 411 g/mol. The van der Waals surface area contributed by atoms with Crippen molar-refractivity contribution in [2.75, 3.05) is 18.4 Å². The summed E-state index contributed by atoms with van der Waals surface area (Å²) in [6.07, 6.45) is 3.01. The van der Waals surface area contributed by atoms with Crippen molar-refractivity contribution in [2.45, 2.75) is 26.7 Å². The Kier molecular flexibility index (Phi) is 5.39. The van der Waals surface area contributed by atoms with Crippen molar-refractivity contribution >= 4 is 28.3 Å². The highest BCUT2D eigenvalue weighted by Gasteiger charge is 2.30. The van der Waals surface area contributed by atoms with Crippen molar-refractivity contribution in [1.29, 1.82) is 0 Å². The van der Waals surface area contributed by atoms with E-state index in [4.69, 9.17) is 0 Å². The molecule has 29 heavy (non-hydrogen) atoms. The van der Waals surface area contributed by atoms with Gasteiger partial charge in [-0.05, 0) is 44.9 Å². The minimum Gasteiger partial charge on any atom is -0.339 e. The highest BCUT2D eigenvalue weighted by Crippen LogP contribution is 2.25. The maximum absolute atomic E-state index is 13.1. The molecule has 0 aromatic carbocycles. The van der Waals surface area contributed by atoms with Crippen molar-refractivity contribution in [1.82, 2.24) is 24.6 Å². The lowest BCUT2D eigenvalue weighted by Crippen LogP contribution is -2.41. The highest BCUT2D eigenvalue weighted by atomic mass is 32.1. The molecule has 1 aliphatic rings. The van der Waals surface area contributed by atoms with E-state index >= 15 is 0 Å². The maximum Gasteiger partial charge on any atom is 0.255 e. The van der Waals surface area contributed by atoms with Crippen molar-refractivity contribution in [3.8, 4) is 5.82 Å². The molecule has 0 spiro atoms. The fourth-order valence-corrected chi connectivity index (χ4v) is 4.22. The number of likely N-dealkylation sites (tertiary alicyclic amines) is 1. The molecule has 1 saturated heterocycles. The number of nitrogens with zero attached hydrogens (tertiary/aromatic N) is 5. The molecule has 0 atom stereocenters. The molecule has 0 unspecified atom stereocenters. The first-order valence-corrected chi connectivity index (χ1v) is 10.4. The summed E-state index contributed by atoms with van der Waals surface area (Å²) in [4.78, 5) is 31.7. The van der Waals surface area contributed by atoms with E-state index in [1.165, 1.54) is 11.3 Å². The Morgan fingerprint density at radius 2 is 2.00 bits per heavy atom. The largest absolute Gasteiger partial charge is 0.339 e. The van der Waals surface area contributed by atoms with Crippen LogP contribution in [0.15, 0.2) is 36.0 Å². The summed E-state index contributed by atoms with van der Waals surface area (Å²) in [6, 6.07) is 7.65. The van der Waals surface area contributed by atoms with Gasteiger partial charge in [-0.3, -0.25) is 9.59 Å². The number of anilines is 1. The van der Waals surface area contributed by atoms with Gasteiger partial charge in [-0.15, -0.1) is 10.2 Å². The molecular weight excluding hydrogens is 388 g/mol. The Balaban J connectivity index is 1.43. The summed E-state index contributed by atoms with van der Waals surface area (Å²) in [5, 5.41) is 10.9. The first-order chi connectivity index (χ1) is 14.0. The number of aromatic nitrogens is 4. The van der Waals surface area contributed by atoms with E-state index in [9.17, 15) is 9.59 Å². The summed E-state index contributed by atoms with van der Waals surface area (Å²) >= 11 is 1.30. The molecule has 4 heterocycles. The predicted molar refractivity (Wildman–Crippen MR) is 110 cm³/mol. The fraction of sp³-hybridized carbons (Fsp3) is 0.350. The van der Waals surface area contributed by atoms with E-state index in [1.807, 2.05) is 47.6 Å². The van der Waals surface area contributed by atoms with Crippen LogP contribution in [0.1, 0.15) is 34.6 Å². The van der Waals surface area contributed by atoms with Gasteiger partial charge in [0, 0.05) is 36.6 Å². The van der Waals surface area contributed by atoms with E-state index < -0.39 is 0 Å². The van der Waals surface area contributed by atoms with Gasteiger partial charge in [0.05, 0.1) is 5.56 Å². The molecule has 150 valence electrons. The Bertz CT molecular complexity index is 1010. The number of aryl methyl sites for hydroxylation is 1. The van der Waals surface area contributed by atoms with Gasteiger partial charge in [0.15, 0.2) is 0 Å². The van der Waals surface area contributed by atoms with Crippen molar-refractivity contribution in [3.05, 3.63) is 52.9 Å². The molecule has 0 radical (unpaired) electrons. The lowest BCUT2D eigenvalue weighted by molar-refractivity contribution is -0.121. The monoisotopic (exact) mass is 410 g/mol. The Labute approximate surface area is 172 Å². The van der Waals surface area contributed by atoms with Crippen LogP contribution in [0.2, 0.25) is 0 Å². The molecule has 1 aliphatic heterocycles. The third-order valence-electron chi connectivity index (χ3n) is 5.28. The number of hydrogen-bond acceptors (Lipinski definition) is 6. The molecule has 1 fully saturated rings. The molecule has 3 aromatic heterocycles. The second kappa shape index (κ2) is 8.12. The minimum atomic E-state index is -0.121. The van der Waals surface area contributed by atoms with Crippen LogP contribution in [0.5, 0.6) is 0 Å². The van der Waals surface area contributed by atoms with Gasteiger partial charge in [-0.1, -0.05) is 17.4 Å². The van der Waals surface area contributed by atoms with Crippen LogP contribution in [0.3, 0.4) is 0 Å². The zero-order valence-electron chi connectivity index (χ0n) is 16.3. The number of amides is 2. The standard InChI is InChI=1S/C20H22N6O2S/c1-13-11-16(14(2)26(13)17-5-3-4-8-21-17)19(28)25-9-6-15(7-10-25)18(27)23-20-24-22-12-29-20/h3-5,8,11-12,15H,6-7,9-10H2,1-2H3,(H,23,24,27). The maximum atomic E-state index is 13.1. The predicted octanol–water partition coefficient (Wildman–Crippen LogP) is 2.83. The fourth-order valence-electron chi connectivity index (χ4n) is 3.77. The van der Waals surface area contributed by atoms with Gasteiger partial charge in [0.25, 0.3) is 5.91 Å². The zero-order valence-corrected chi connectivity index (χ0v) is 17.1. The second-order valence-corrected chi connectivity index (χ2v) is 7.94. The molecule has 9 heteroatoms. The smallest absolute Gasteiger partial charge is 0.255 e. The minimum absolute atomic E-state index is 0.00302. The van der Waals surface area contributed by atoms with Crippen LogP contribution in [-0.2, 0) is 4.79 Å². The zero-order chi connectivity index (χ0) is 20.4. The molecular formula is C20H22N6O2S. The normalized spacial score (nSPS) is 14.8. The second-order valence-electron chi connectivity index (χ2n) is 7.11. The van der Waals surface area contributed by atoms with Gasteiger partial charge in [-0.2, -0.15) is 0 Å². The summed E-state index contributed by atoms with van der Waals surface area (Å²) < 4.78 is 2.00. The average Bonchev–Trinajstić information content (AvgIpc) is 3.35. The van der Waals surface area contributed by atoms with E-state index in [0.29, 0.717) is 36.6 Å². The number of rotatable bonds is 4. The van der Waals surface area contributed by atoms with E-state index in [1.54, 1.807) is 11.7 Å². The molecule has 3 aromatic rings. The number of nitrogens with one attached hydrogen (secondary N) is 1. The van der Waals surface area contributed by atoms with Gasteiger partial charge >= 0.3 is 0 Å². The van der Waals surface area contributed by atoms with Gasteiger partial charge in [-0.25, -0.2) is 4.98 Å². The van der Waals surface area contributed by atoms with Crippen LogP contribution >= 0.6 is 11.3 Å². The molecule has 2 amide bonds. The summed E-state index contributed by atoms with van der Waals surface area (Å²) in [5.41, 5.74) is 4.11. The third kappa shape index (κ3) is 3.91. The van der Waals surface area contributed by atoms with Crippen LogP contribution in [0.25, 0.3) is 5.82 Å². The van der Waals surface area contributed by atoms with Crippen LogP contribution < -0.4 is 5.32 Å². The molecule has 0 bridgehead atoms. The molecule has 8 nitrogen and oxygen atoms in total. The number of carbonyl (C=O) groups excluding carboxylic acids is 2. The molecule has 1 N–H and O–H groups in total. The van der Waals surface area contributed by atoms with Gasteiger partial charge < -0.3 is 14.8 Å². The number of hydrogen-bond donors (Lipinski definition) is 1. The first-order valence-electron chi connectivity index (χ1n) is 9.51. The van der Waals surface area contributed by atoms with Crippen molar-refractivity contribution in [3.63, 3.8) is 0 Å². The molecule has 4 rings (SSSR count). The lowest BCUT2D eigenvalue weighted by atomic mass is 9.95. The molecule has 0 aliphatic carbocycles. The lowest BCUT2D eigenvalue weighted by Gasteiger charge is -2.31. The van der Waals surface area contributed by atoms with Crippen LogP contribution in [-0.4, -0.2) is 49.6 Å². The summed E-state index contributed by atoms with van der Waals surface area (Å²) in [5.74, 6) is 0.628. The van der Waals surface area contributed by atoms with E-state index in [-0.39, 0.29) is 17.7 Å². The highest BCUT2D eigenvalue weighted by molar-refractivity contribution is 7.13. The Morgan fingerprint density at radius 1 is 1.21 bits per heavy atom. The molecule has 0 saturated carbocycles. The van der Waals surface area contributed by atoms with Crippen molar-refractivity contribution < 1.29 is 9.59 Å².